The second-order valence-corrected chi connectivity index (χ2v) is 4.12. The van der Waals surface area contributed by atoms with Gasteiger partial charge in [0.2, 0.25) is 0 Å². The van der Waals surface area contributed by atoms with Gasteiger partial charge in [0.05, 0.1) is 4.88 Å². The Morgan fingerprint density at radius 3 is 2.81 bits per heavy atom. The monoisotopic (exact) mass is 236 g/mol. The van der Waals surface area contributed by atoms with E-state index in [1.165, 1.54) is 12.1 Å². The topological polar surface area (TPSA) is 96.4 Å². The Morgan fingerprint density at radius 2 is 2.19 bits per heavy atom. The van der Waals surface area contributed by atoms with Crippen LogP contribution in [-0.4, -0.2) is 21.2 Å². The zero-order valence-corrected chi connectivity index (χ0v) is 8.86. The van der Waals surface area contributed by atoms with E-state index in [1.807, 2.05) is 0 Å². The molecule has 0 saturated carbocycles. The number of nitrogens with zero attached hydrogens (tertiary/aromatic N) is 1. The fourth-order valence-electron chi connectivity index (χ4n) is 1.32. The van der Waals surface area contributed by atoms with Crippen molar-refractivity contribution in [2.45, 2.75) is 0 Å². The lowest BCUT2D eigenvalue weighted by Crippen LogP contribution is -1.99. The highest BCUT2D eigenvalue weighted by Gasteiger charge is 2.17. The molecule has 0 aliphatic rings. The number of aromatic hydroxyl groups is 1. The van der Waals surface area contributed by atoms with E-state index in [-0.39, 0.29) is 16.6 Å². The van der Waals surface area contributed by atoms with E-state index in [9.17, 15) is 9.90 Å². The SMILES string of the molecule is Nc1nc(C(=O)O)c(-c2cccc(O)c2)s1. The first-order chi connectivity index (χ1) is 7.58. The maximum Gasteiger partial charge on any atom is 0.356 e. The average molecular weight is 236 g/mol. The molecule has 82 valence electrons. The maximum absolute atomic E-state index is 10.9. The molecular weight excluding hydrogens is 228 g/mol. The van der Waals surface area contributed by atoms with Crippen molar-refractivity contribution in [3.63, 3.8) is 0 Å². The van der Waals surface area contributed by atoms with Crippen molar-refractivity contribution in [2.24, 2.45) is 0 Å². The Hall–Kier alpha value is -2.08. The molecular formula is C10H8N2O3S. The zero-order chi connectivity index (χ0) is 11.7. The third-order valence-corrected chi connectivity index (χ3v) is 2.89. The Kier molecular flexibility index (Phi) is 2.49. The predicted molar refractivity (Wildman–Crippen MR) is 60.6 cm³/mol. The molecule has 0 saturated heterocycles. The number of rotatable bonds is 2. The van der Waals surface area contributed by atoms with Gasteiger partial charge in [-0.05, 0) is 17.7 Å². The van der Waals surface area contributed by atoms with Gasteiger partial charge in [0, 0.05) is 0 Å². The molecule has 0 amide bonds. The third-order valence-electron chi connectivity index (χ3n) is 1.95. The van der Waals surface area contributed by atoms with Gasteiger partial charge in [-0.15, -0.1) is 0 Å². The van der Waals surface area contributed by atoms with Crippen LogP contribution < -0.4 is 5.73 Å². The van der Waals surface area contributed by atoms with Gasteiger partial charge in [0.25, 0.3) is 0 Å². The average Bonchev–Trinajstić information content (AvgIpc) is 2.60. The van der Waals surface area contributed by atoms with Crippen molar-refractivity contribution >= 4 is 22.4 Å². The van der Waals surface area contributed by atoms with Crippen molar-refractivity contribution in [2.75, 3.05) is 5.73 Å². The van der Waals surface area contributed by atoms with Crippen molar-refractivity contribution < 1.29 is 15.0 Å². The summed E-state index contributed by atoms with van der Waals surface area (Å²) < 4.78 is 0. The number of phenols is 1. The van der Waals surface area contributed by atoms with Crippen LogP contribution in [0.4, 0.5) is 5.13 Å². The van der Waals surface area contributed by atoms with Gasteiger partial charge in [-0.2, -0.15) is 0 Å². The molecule has 2 aromatic rings. The summed E-state index contributed by atoms with van der Waals surface area (Å²) in [4.78, 5) is 15.1. The molecule has 0 aliphatic heterocycles. The standard InChI is InChI=1S/C10H8N2O3S/c11-10-12-7(9(14)15)8(16-10)5-2-1-3-6(13)4-5/h1-4,13H,(H2,11,12)(H,14,15). The van der Waals surface area contributed by atoms with E-state index >= 15 is 0 Å². The van der Waals surface area contributed by atoms with Crippen LogP contribution in [0.1, 0.15) is 10.5 Å². The Balaban J connectivity index is 2.59. The van der Waals surface area contributed by atoms with Gasteiger partial charge in [-0.3, -0.25) is 0 Å². The highest BCUT2D eigenvalue weighted by atomic mass is 32.1. The van der Waals surface area contributed by atoms with Crippen LogP contribution >= 0.6 is 11.3 Å². The van der Waals surface area contributed by atoms with Crippen LogP contribution in [0.3, 0.4) is 0 Å². The summed E-state index contributed by atoms with van der Waals surface area (Å²) in [6.07, 6.45) is 0. The molecule has 2 rings (SSSR count). The second kappa shape index (κ2) is 3.82. The molecule has 0 radical (unpaired) electrons. The fourth-order valence-corrected chi connectivity index (χ4v) is 2.14. The molecule has 0 atom stereocenters. The number of carboxylic acid groups (broad SMARTS) is 1. The molecule has 1 heterocycles. The van der Waals surface area contributed by atoms with E-state index in [2.05, 4.69) is 4.98 Å². The number of carboxylic acids is 1. The number of aromatic nitrogens is 1. The Labute approximate surface area is 94.8 Å². The summed E-state index contributed by atoms with van der Waals surface area (Å²) >= 11 is 1.08. The van der Waals surface area contributed by atoms with Gasteiger partial charge >= 0.3 is 5.97 Å². The summed E-state index contributed by atoms with van der Waals surface area (Å²) in [5.41, 5.74) is 5.97. The normalized spacial score (nSPS) is 10.2. The quantitative estimate of drug-likeness (QED) is 0.738. The minimum absolute atomic E-state index is 0.0702. The largest absolute Gasteiger partial charge is 0.508 e. The van der Waals surface area contributed by atoms with E-state index in [0.29, 0.717) is 10.4 Å². The van der Waals surface area contributed by atoms with Crippen molar-refractivity contribution in [3.05, 3.63) is 30.0 Å². The highest BCUT2D eigenvalue weighted by Crippen LogP contribution is 2.33. The van der Waals surface area contributed by atoms with E-state index in [4.69, 9.17) is 10.8 Å². The lowest BCUT2D eigenvalue weighted by molar-refractivity contribution is 0.0692. The predicted octanol–water partition coefficient (Wildman–Crippen LogP) is 1.80. The van der Waals surface area contributed by atoms with Crippen LogP contribution in [0.2, 0.25) is 0 Å². The van der Waals surface area contributed by atoms with Gasteiger partial charge < -0.3 is 15.9 Å². The summed E-state index contributed by atoms with van der Waals surface area (Å²) in [5.74, 6) is -1.06. The van der Waals surface area contributed by atoms with Crippen molar-refractivity contribution in [1.82, 2.24) is 4.98 Å². The number of nitrogen functional groups attached to an aromatic ring is 1. The first-order valence-corrected chi connectivity index (χ1v) is 5.18. The Morgan fingerprint density at radius 1 is 1.44 bits per heavy atom. The van der Waals surface area contributed by atoms with Crippen LogP contribution in [-0.2, 0) is 0 Å². The fraction of sp³-hybridized carbons (Fsp3) is 0. The molecule has 1 aromatic carbocycles. The summed E-state index contributed by atoms with van der Waals surface area (Å²) in [5, 5.41) is 18.4. The molecule has 4 N–H and O–H groups in total. The number of thiazole rings is 1. The van der Waals surface area contributed by atoms with Crippen molar-refractivity contribution in [3.8, 4) is 16.2 Å². The van der Waals surface area contributed by atoms with Crippen LogP contribution in [0, 0.1) is 0 Å². The summed E-state index contributed by atoms with van der Waals surface area (Å²) in [6.45, 7) is 0. The number of hydrogen-bond donors (Lipinski definition) is 3. The van der Waals surface area contributed by atoms with E-state index in [1.54, 1.807) is 12.1 Å². The molecule has 16 heavy (non-hydrogen) atoms. The zero-order valence-electron chi connectivity index (χ0n) is 8.04. The molecule has 0 bridgehead atoms. The Bertz CT molecular complexity index is 551. The number of benzene rings is 1. The number of nitrogens with two attached hydrogens (primary N) is 1. The minimum Gasteiger partial charge on any atom is -0.508 e. The number of carbonyl (C=O) groups is 1. The molecule has 6 heteroatoms. The first-order valence-electron chi connectivity index (χ1n) is 4.37. The van der Waals surface area contributed by atoms with Gasteiger partial charge in [-0.1, -0.05) is 23.5 Å². The number of hydrogen-bond acceptors (Lipinski definition) is 5. The maximum atomic E-state index is 10.9. The lowest BCUT2D eigenvalue weighted by Gasteiger charge is -1.99. The summed E-state index contributed by atoms with van der Waals surface area (Å²) in [6, 6.07) is 6.30. The minimum atomic E-state index is -1.13. The molecule has 0 unspecified atom stereocenters. The first kappa shape index (κ1) is 10.4. The van der Waals surface area contributed by atoms with Gasteiger partial charge in [-0.25, -0.2) is 9.78 Å². The smallest absolute Gasteiger partial charge is 0.356 e. The highest BCUT2D eigenvalue weighted by molar-refractivity contribution is 7.19. The number of anilines is 1. The van der Waals surface area contributed by atoms with Gasteiger partial charge in [0.1, 0.15) is 5.75 Å². The van der Waals surface area contributed by atoms with Crippen molar-refractivity contribution in [1.29, 1.82) is 0 Å². The molecule has 0 fully saturated rings. The molecule has 0 spiro atoms. The molecule has 5 nitrogen and oxygen atoms in total. The number of phenolic OH excluding ortho intramolecular Hbond substituents is 1. The van der Waals surface area contributed by atoms with Crippen LogP contribution in [0.15, 0.2) is 24.3 Å². The molecule has 1 aromatic heterocycles. The van der Waals surface area contributed by atoms with E-state index in [0.717, 1.165) is 11.3 Å². The number of aromatic carboxylic acids is 1. The lowest BCUT2D eigenvalue weighted by atomic mass is 10.1. The van der Waals surface area contributed by atoms with Gasteiger partial charge in [0.15, 0.2) is 10.8 Å². The summed E-state index contributed by atoms with van der Waals surface area (Å²) in [7, 11) is 0. The second-order valence-electron chi connectivity index (χ2n) is 3.09. The third kappa shape index (κ3) is 1.82. The van der Waals surface area contributed by atoms with Crippen LogP contribution in [0.5, 0.6) is 5.75 Å². The van der Waals surface area contributed by atoms with Crippen LogP contribution in [0.25, 0.3) is 10.4 Å². The molecule has 0 aliphatic carbocycles. The van der Waals surface area contributed by atoms with E-state index < -0.39 is 5.97 Å².